The molecule has 6 heteroatoms. The van der Waals surface area contributed by atoms with Gasteiger partial charge in [0, 0.05) is 5.02 Å². The number of hydrogen-bond acceptors (Lipinski definition) is 2. The van der Waals surface area contributed by atoms with Gasteiger partial charge >= 0.3 is 0 Å². The van der Waals surface area contributed by atoms with Crippen molar-refractivity contribution in [2.45, 2.75) is 45.2 Å². The predicted octanol–water partition coefficient (Wildman–Crippen LogP) is 3.40. The Bertz CT molecular complexity index is 591. The summed E-state index contributed by atoms with van der Waals surface area (Å²) in [6.45, 7) is 5.45. The van der Waals surface area contributed by atoms with Crippen LogP contribution in [0.15, 0.2) is 18.2 Å². The van der Waals surface area contributed by atoms with Gasteiger partial charge in [-0.2, -0.15) is 0 Å². The minimum Gasteiger partial charge on any atom is -0.340 e. The maximum atomic E-state index is 12.9. The minimum atomic E-state index is -0.922. The fourth-order valence-corrected chi connectivity index (χ4v) is 2.86. The number of nitrogens with one attached hydrogen (secondary N) is 1. The second-order valence-corrected chi connectivity index (χ2v) is 6.21. The minimum absolute atomic E-state index is 0.166. The largest absolute Gasteiger partial charge is 0.340 e. The van der Waals surface area contributed by atoms with Gasteiger partial charge in [-0.05, 0) is 38.0 Å². The summed E-state index contributed by atoms with van der Waals surface area (Å²) in [5.74, 6) is -0.335. The lowest BCUT2D eigenvalue weighted by Gasteiger charge is -2.44. The van der Waals surface area contributed by atoms with Gasteiger partial charge in [0.05, 0.1) is 10.7 Å². The highest BCUT2D eigenvalue weighted by atomic mass is 35.5. The Kier molecular flexibility index (Phi) is 4.49. The van der Waals surface area contributed by atoms with Gasteiger partial charge in [0.15, 0.2) is 0 Å². The number of carbonyl (C=O) groups is 2. The first-order valence-electron chi connectivity index (χ1n) is 6.94. The average molecular weight is 329 g/mol. The molecule has 0 aliphatic carbocycles. The Morgan fingerprint density at radius 2 is 1.95 bits per heavy atom. The van der Waals surface area contributed by atoms with Crippen LogP contribution in [0, 0.1) is 0 Å². The number of anilines is 1. The van der Waals surface area contributed by atoms with Gasteiger partial charge in [-0.1, -0.05) is 37.0 Å². The first-order chi connectivity index (χ1) is 9.84. The zero-order valence-electron chi connectivity index (χ0n) is 12.2. The molecular weight excluding hydrogens is 311 g/mol. The van der Waals surface area contributed by atoms with Crippen LogP contribution >= 0.6 is 23.2 Å². The van der Waals surface area contributed by atoms with E-state index in [1.807, 2.05) is 13.8 Å². The lowest BCUT2D eigenvalue weighted by molar-refractivity contribution is -0.138. The third-order valence-corrected chi connectivity index (χ3v) is 4.52. The molecule has 1 fully saturated rings. The highest BCUT2D eigenvalue weighted by molar-refractivity contribution is 6.36. The van der Waals surface area contributed by atoms with Gasteiger partial charge in [0.1, 0.15) is 11.6 Å². The third kappa shape index (κ3) is 2.74. The summed E-state index contributed by atoms with van der Waals surface area (Å²) in [4.78, 5) is 26.7. The standard InChI is InChI=1S/C15H18Cl2N2O2/c1-4-11-13(20)18-15(3,5-2)14(21)19(11)12-8-9(16)6-7-10(12)17/h6-8,11H,4-5H2,1-3H3,(H,18,20). The molecule has 1 aliphatic heterocycles. The number of halogens is 2. The van der Waals surface area contributed by atoms with Gasteiger partial charge in [0.2, 0.25) is 5.91 Å². The molecule has 2 unspecified atom stereocenters. The molecule has 0 bridgehead atoms. The van der Waals surface area contributed by atoms with Crippen LogP contribution in [0.4, 0.5) is 5.69 Å². The smallest absolute Gasteiger partial charge is 0.253 e. The number of hydrogen-bond donors (Lipinski definition) is 1. The van der Waals surface area contributed by atoms with Crippen molar-refractivity contribution in [3.8, 4) is 0 Å². The number of piperazine rings is 1. The van der Waals surface area contributed by atoms with Crippen molar-refractivity contribution >= 4 is 40.7 Å². The van der Waals surface area contributed by atoms with E-state index < -0.39 is 11.6 Å². The number of amides is 2. The number of rotatable bonds is 3. The summed E-state index contributed by atoms with van der Waals surface area (Å²) in [6, 6.07) is 4.34. The molecule has 0 aromatic heterocycles. The first-order valence-corrected chi connectivity index (χ1v) is 7.70. The Morgan fingerprint density at radius 3 is 2.52 bits per heavy atom. The fraction of sp³-hybridized carbons (Fsp3) is 0.467. The summed E-state index contributed by atoms with van der Waals surface area (Å²) in [5, 5.41) is 3.70. The molecule has 1 saturated heterocycles. The molecule has 2 rings (SSSR count). The van der Waals surface area contributed by atoms with E-state index in [0.717, 1.165) is 0 Å². The predicted molar refractivity (Wildman–Crippen MR) is 84.9 cm³/mol. The second kappa shape index (κ2) is 5.85. The lowest BCUT2D eigenvalue weighted by Crippen LogP contribution is -2.69. The van der Waals surface area contributed by atoms with E-state index in [1.165, 1.54) is 4.90 Å². The fourth-order valence-electron chi connectivity index (χ4n) is 2.49. The van der Waals surface area contributed by atoms with Crippen LogP contribution in [-0.2, 0) is 9.59 Å². The molecule has 2 atom stereocenters. The summed E-state index contributed by atoms with van der Waals surface area (Å²) >= 11 is 12.2. The van der Waals surface area contributed by atoms with Gasteiger partial charge in [-0.15, -0.1) is 0 Å². The van der Waals surface area contributed by atoms with Gasteiger partial charge < -0.3 is 5.32 Å². The summed E-state index contributed by atoms with van der Waals surface area (Å²) < 4.78 is 0. The second-order valence-electron chi connectivity index (χ2n) is 5.37. The number of carbonyl (C=O) groups excluding carboxylic acids is 2. The molecule has 114 valence electrons. The van der Waals surface area contributed by atoms with Crippen LogP contribution in [-0.4, -0.2) is 23.4 Å². The molecule has 1 aliphatic rings. The van der Waals surface area contributed by atoms with Crippen LogP contribution in [0.1, 0.15) is 33.6 Å². The van der Waals surface area contributed by atoms with E-state index in [0.29, 0.717) is 28.6 Å². The Morgan fingerprint density at radius 1 is 1.29 bits per heavy atom. The number of benzene rings is 1. The topological polar surface area (TPSA) is 49.4 Å². The van der Waals surface area contributed by atoms with Crippen molar-refractivity contribution in [3.05, 3.63) is 28.2 Å². The molecule has 1 heterocycles. The van der Waals surface area contributed by atoms with Gasteiger partial charge in [0.25, 0.3) is 5.91 Å². The molecule has 4 nitrogen and oxygen atoms in total. The van der Waals surface area contributed by atoms with E-state index in [4.69, 9.17) is 23.2 Å². The highest BCUT2D eigenvalue weighted by Gasteiger charge is 2.47. The molecule has 21 heavy (non-hydrogen) atoms. The average Bonchev–Trinajstić information content (AvgIpc) is 2.45. The van der Waals surface area contributed by atoms with Crippen molar-refractivity contribution in [1.82, 2.24) is 5.32 Å². The molecular formula is C15H18Cl2N2O2. The Labute approximate surface area is 134 Å². The quantitative estimate of drug-likeness (QED) is 0.924. The van der Waals surface area contributed by atoms with Crippen LogP contribution < -0.4 is 10.2 Å². The lowest BCUT2D eigenvalue weighted by atomic mass is 9.90. The normalized spacial score (nSPS) is 26.0. The van der Waals surface area contributed by atoms with Crippen LogP contribution in [0.5, 0.6) is 0 Å². The van der Waals surface area contributed by atoms with E-state index in [2.05, 4.69) is 5.32 Å². The zero-order valence-corrected chi connectivity index (χ0v) is 13.8. The molecule has 0 spiro atoms. The van der Waals surface area contributed by atoms with Crippen molar-refractivity contribution in [2.24, 2.45) is 0 Å². The van der Waals surface area contributed by atoms with Crippen LogP contribution in [0.2, 0.25) is 10.0 Å². The van der Waals surface area contributed by atoms with Gasteiger partial charge in [-0.3, -0.25) is 14.5 Å². The molecule has 1 aromatic rings. The molecule has 0 radical (unpaired) electrons. The number of nitrogens with zero attached hydrogens (tertiary/aromatic N) is 1. The van der Waals surface area contributed by atoms with E-state index in [9.17, 15) is 9.59 Å². The van der Waals surface area contributed by atoms with Crippen molar-refractivity contribution < 1.29 is 9.59 Å². The van der Waals surface area contributed by atoms with Crippen molar-refractivity contribution in [2.75, 3.05) is 4.90 Å². The van der Waals surface area contributed by atoms with E-state index >= 15 is 0 Å². The molecule has 1 aromatic carbocycles. The maximum Gasteiger partial charge on any atom is 0.253 e. The van der Waals surface area contributed by atoms with Crippen LogP contribution in [0.3, 0.4) is 0 Å². The summed E-state index contributed by atoms with van der Waals surface area (Å²) in [6.07, 6.45) is 1.00. The Balaban J connectivity index is 2.57. The van der Waals surface area contributed by atoms with Crippen LogP contribution in [0.25, 0.3) is 0 Å². The summed E-state index contributed by atoms with van der Waals surface area (Å²) in [7, 11) is 0. The monoisotopic (exact) mass is 328 g/mol. The SMILES string of the molecule is CCC1C(=O)NC(C)(CC)C(=O)N1c1cc(Cl)ccc1Cl. The Hall–Kier alpha value is -1.26. The highest BCUT2D eigenvalue weighted by Crippen LogP contribution is 2.35. The van der Waals surface area contributed by atoms with E-state index in [1.54, 1.807) is 25.1 Å². The third-order valence-electron chi connectivity index (χ3n) is 3.97. The zero-order chi connectivity index (χ0) is 15.8. The molecule has 2 amide bonds. The van der Waals surface area contributed by atoms with E-state index in [-0.39, 0.29) is 11.8 Å². The molecule has 0 saturated carbocycles. The maximum absolute atomic E-state index is 12.9. The molecule has 1 N–H and O–H groups in total. The van der Waals surface area contributed by atoms with Crippen molar-refractivity contribution in [1.29, 1.82) is 0 Å². The van der Waals surface area contributed by atoms with Gasteiger partial charge in [-0.25, -0.2) is 0 Å². The van der Waals surface area contributed by atoms with Crippen molar-refractivity contribution in [3.63, 3.8) is 0 Å². The first kappa shape index (κ1) is 16.1. The summed E-state index contributed by atoms with van der Waals surface area (Å²) in [5.41, 5.74) is -0.440.